The van der Waals surface area contributed by atoms with E-state index in [-0.39, 0.29) is 34.9 Å². The van der Waals surface area contributed by atoms with Gasteiger partial charge in [0, 0.05) is 0 Å². The Hall–Kier alpha value is -0.160. The van der Waals surface area contributed by atoms with Gasteiger partial charge in [-0.15, -0.1) is 0 Å². The molecular formula is C18H34O4. The zero-order chi connectivity index (χ0) is 17.0. The molecule has 130 valence electrons. The quantitative estimate of drug-likeness (QED) is 0.798. The Kier molecular flexibility index (Phi) is 4.49. The van der Waals surface area contributed by atoms with Gasteiger partial charge in [0.15, 0.2) is 0 Å². The lowest BCUT2D eigenvalue weighted by Gasteiger charge is -2.38. The van der Waals surface area contributed by atoms with Crippen molar-refractivity contribution in [3.8, 4) is 0 Å². The Morgan fingerprint density at radius 1 is 0.955 bits per heavy atom. The Balaban J connectivity index is 2.24. The van der Waals surface area contributed by atoms with Gasteiger partial charge in [-0.05, 0) is 47.0 Å². The van der Waals surface area contributed by atoms with Crippen LogP contribution in [-0.2, 0) is 18.9 Å². The number of rotatable bonds is 3. The van der Waals surface area contributed by atoms with Crippen molar-refractivity contribution in [3.05, 3.63) is 0 Å². The van der Waals surface area contributed by atoms with Crippen molar-refractivity contribution >= 4 is 0 Å². The first-order valence-electron chi connectivity index (χ1n) is 8.35. The van der Waals surface area contributed by atoms with Crippen molar-refractivity contribution in [3.63, 3.8) is 0 Å². The van der Waals surface area contributed by atoms with E-state index >= 15 is 0 Å². The van der Waals surface area contributed by atoms with Gasteiger partial charge in [0.05, 0.1) is 30.5 Å². The summed E-state index contributed by atoms with van der Waals surface area (Å²) < 4.78 is 25.0. The van der Waals surface area contributed by atoms with Crippen molar-refractivity contribution in [2.75, 3.05) is 13.2 Å². The van der Waals surface area contributed by atoms with Crippen LogP contribution >= 0.6 is 0 Å². The minimum absolute atomic E-state index is 0.00800. The Bertz CT molecular complexity index is 399. The summed E-state index contributed by atoms with van der Waals surface area (Å²) in [5.41, 5.74) is -0.931. The molecule has 4 heteroatoms. The van der Waals surface area contributed by atoms with E-state index in [9.17, 15) is 0 Å². The number of ether oxygens (including phenoxy) is 4. The molecule has 2 saturated heterocycles. The molecule has 2 fully saturated rings. The van der Waals surface area contributed by atoms with Crippen LogP contribution in [0.15, 0.2) is 0 Å². The first-order chi connectivity index (χ1) is 9.74. The predicted molar refractivity (Wildman–Crippen MR) is 87.1 cm³/mol. The lowest BCUT2D eigenvalue weighted by molar-refractivity contribution is -0.210. The number of hydrogen-bond acceptors (Lipinski definition) is 4. The average Bonchev–Trinajstić information content (AvgIpc) is 2.76. The highest BCUT2D eigenvalue weighted by Gasteiger charge is 2.65. The highest BCUT2D eigenvalue weighted by Crippen LogP contribution is 2.48. The van der Waals surface area contributed by atoms with Crippen molar-refractivity contribution in [1.29, 1.82) is 0 Å². The molecule has 0 saturated carbocycles. The second-order valence-electron chi connectivity index (χ2n) is 9.80. The molecule has 0 aromatic heterocycles. The van der Waals surface area contributed by atoms with Gasteiger partial charge in [0.2, 0.25) is 0 Å². The van der Waals surface area contributed by atoms with Crippen molar-refractivity contribution < 1.29 is 18.9 Å². The highest BCUT2D eigenvalue weighted by molar-refractivity contribution is 5.12. The highest BCUT2D eigenvalue weighted by atomic mass is 16.7. The van der Waals surface area contributed by atoms with Gasteiger partial charge in [-0.3, -0.25) is 0 Å². The summed E-state index contributed by atoms with van der Waals surface area (Å²) in [4.78, 5) is 0. The van der Waals surface area contributed by atoms with Crippen LogP contribution in [0.2, 0.25) is 0 Å². The van der Waals surface area contributed by atoms with Crippen LogP contribution in [0.5, 0.6) is 0 Å². The maximum Gasteiger partial charge on any atom is 0.144 e. The van der Waals surface area contributed by atoms with Crippen LogP contribution in [0.3, 0.4) is 0 Å². The SMILES string of the molecule is CC(C)(C)OC[C@]12CO[C@@H](C1OC(C)(C)C)[C@H](C(C)(C)C)O2. The van der Waals surface area contributed by atoms with Gasteiger partial charge in [0.25, 0.3) is 0 Å². The molecule has 2 bridgehead atoms. The predicted octanol–water partition coefficient (Wildman–Crippen LogP) is 3.57. The van der Waals surface area contributed by atoms with Gasteiger partial charge in [-0.1, -0.05) is 20.8 Å². The number of fused-ring (bicyclic) bond motifs is 2. The first-order valence-corrected chi connectivity index (χ1v) is 8.35. The van der Waals surface area contributed by atoms with Crippen molar-refractivity contribution in [1.82, 2.24) is 0 Å². The summed E-state index contributed by atoms with van der Waals surface area (Å²) in [6.45, 7) is 20.0. The monoisotopic (exact) mass is 314 g/mol. The zero-order valence-corrected chi connectivity index (χ0v) is 15.8. The van der Waals surface area contributed by atoms with E-state index < -0.39 is 5.60 Å². The van der Waals surface area contributed by atoms with Crippen LogP contribution in [0, 0.1) is 5.41 Å². The Morgan fingerprint density at radius 2 is 1.55 bits per heavy atom. The fraction of sp³-hybridized carbons (Fsp3) is 1.00. The third-order valence-corrected chi connectivity index (χ3v) is 4.08. The summed E-state index contributed by atoms with van der Waals surface area (Å²) in [7, 11) is 0. The largest absolute Gasteiger partial charge is 0.373 e. The van der Waals surface area contributed by atoms with Crippen LogP contribution < -0.4 is 0 Å². The lowest BCUT2D eigenvalue weighted by atomic mass is 9.85. The van der Waals surface area contributed by atoms with Crippen LogP contribution in [0.1, 0.15) is 62.3 Å². The maximum atomic E-state index is 6.49. The molecule has 4 nitrogen and oxygen atoms in total. The van der Waals surface area contributed by atoms with Crippen molar-refractivity contribution in [2.45, 2.75) is 97.4 Å². The van der Waals surface area contributed by atoms with E-state index in [1.807, 2.05) is 0 Å². The Morgan fingerprint density at radius 3 is 2.00 bits per heavy atom. The fourth-order valence-electron chi connectivity index (χ4n) is 3.09. The second kappa shape index (κ2) is 5.44. The summed E-state index contributed by atoms with van der Waals surface area (Å²) in [5.74, 6) is 0. The molecule has 0 aromatic carbocycles. The molecule has 4 atom stereocenters. The van der Waals surface area contributed by atoms with Crippen LogP contribution in [0.25, 0.3) is 0 Å². The summed E-state index contributed by atoms with van der Waals surface area (Å²) in [6, 6.07) is 0. The molecule has 0 radical (unpaired) electrons. The summed E-state index contributed by atoms with van der Waals surface area (Å²) in [5, 5.41) is 0. The standard InChI is InChI=1S/C18H34O4/c1-15(2,3)13-12-14(21-17(7,8)9)18(22-13,10-19-12)11-20-16(4,5)6/h12-14H,10-11H2,1-9H3/t12-,13-,14?,18-/m1/s1. The normalized spacial score (nSPS) is 36.1. The molecular weight excluding hydrogens is 280 g/mol. The van der Waals surface area contributed by atoms with E-state index in [0.29, 0.717) is 13.2 Å². The van der Waals surface area contributed by atoms with Crippen LogP contribution in [0.4, 0.5) is 0 Å². The Labute approximate surface area is 135 Å². The van der Waals surface area contributed by atoms with Gasteiger partial charge < -0.3 is 18.9 Å². The van der Waals surface area contributed by atoms with E-state index in [2.05, 4.69) is 62.3 Å². The third kappa shape index (κ3) is 3.84. The molecule has 0 spiro atoms. The van der Waals surface area contributed by atoms with Gasteiger partial charge in [-0.25, -0.2) is 0 Å². The molecule has 0 amide bonds. The smallest absolute Gasteiger partial charge is 0.144 e. The molecule has 0 aromatic rings. The van der Waals surface area contributed by atoms with E-state index in [4.69, 9.17) is 18.9 Å². The van der Waals surface area contributed by atoms with E-state index in [0.717, 1.165) is 0 Å². The molecule has 2 aliphatic rings. The molecule has 2 heterocycles. The second-order valence-corrected chi connectivity index (χ2v) is 9.80. The summed E-state index contributed by atoms with van der Waals surface area (Å²) >= 11 is 0. The van der Waals surface area contributed by atoms with E-state index in [1.54, 1.807) is 0 Å². The van der Waals surface area contributed by atoms with Gasteiger partial charge in [-0.2, -0.15) is 0 Å². The minimum atomic E-state index is -0.497. The molecule has 1 unspecified atom stereocenters. The third-order valence-electron chi connectivity index (χ3n) is 4.08. The number of hydrogen-bond donors (Lipinski definition) is 0. The van der Waals surface area contributed by atoms with Gasteiger partial charge in [0.1, 0.15) is 17.8 Å². The molecule has 0 aliphatic carbocycles. The van der Waals surface area contributed by atoms with Gasteiger partial charge >= 0.3 is 0 Å². The molecule has 22 heavy (non-hydrogen) atoms. The molecule has 2 aliphatic heterocycles. The summed E-state index contributed by atoms with van der Waals surface area (Å²) in [6.07, 6.45) is -0.0842. The topological polar surface area (TPSA) is 36.9 Å². The molecule has 0 N–H and O–H groups in total. The van der Waals surface area contributed by atoms with E-state index in [1.165, 1.54) is 0 Å². The van der Waals surface area contributed by atoms with Crippen molar-refractivity contribution in [2.24, 2.45) is 5.41 Å². The maximum absolute atomic E-state index is 6.49. The minimum Gasteiger partial charge on any atom is -0.373 e. The fourth-order valence-corrected chi connectivity index (χ4v) is 3.09. The zero-order valence-electron chi connectivity index (χ0n) is 15.8. The average molecular weight is 314 g/mol. The van der Waals surface area contributed by atoms with Crippen LogP contribution in [-0.4, -0.2) is 48.3 Å². The lowest BCUT2D eigenvalue weighted by Crippen LogP contribution is -2.50. The first kappa shape index (κ1) is 18.2. The molecule has 2 rings (SSSR count).